The zero-order valence-electron chi connectivity index (χ0n) is 23.4. The molecule has 1 aliphatic heterocycles. The number of nitrogens with one attached hydrogen (secondary N) is 1. The van der Waals surface area contributed by atoms with E-state index < -0.39 is 17.9 Å². The van der Waals surface area contributed by atoms with E-state index in [1.54, 1.807) is 31.0 Å². The summed E-state index contributed by atoms with van der Waals surface area (Å²) < 4.78 is 12.8. The maximum absolute atomic E-state index is 13.6. The lowest BCUT2D eigenvalue weighted by Gasteiger charge is -2.31. The van der Waals surface area contributed by atoms with Gasteiger partial charge in [-0.2, -0.15) is 0 Å². The van der Waals surface area contributed by atoms with E-state index in [0.29, 0.717) is 35.4 Å². The van der Waals surface area contributed by atoms with E-state index in [1.165, 1.54) is 7.11 Å². The molecule has 0 saturated heterocycles. The second kappa shape index (κ2) is 13.3. The average molecular weight is 559 g/mol. The summed E-state index contributed by atoms with van der Waals surface area (Å²) in [6.07, 6.45) is 9.70. The van der Waals surface area contributed by atoms with Crippen molar-refractivity contribution in [2.45, 2.75) is 19.8 Å². The van der Waals surface area contributed by atoms with Crippen molar-refractivity contribution in [3.8, 4) is 17.5 Å². The van der Waals surface area contributed by atoms with Gasteiger partial charge in [-0.15, -0.1) is 0 Å². The van der Waals surface area contributed by atoms with Gasteiger partial charge in [-0.1, -0.05) is 54.3 Å². The predicted octanol–water partition coefficient (Wildman–Crippen LogP) is 4.87. The second-order valence-corrected chi connectivity index (χ2v) is 9.66. The number of hydrogen-bond acceptors (Lipinski definition) is 7. The monoisotopic (exact) mass is 558 g/mol. The van der Waals surface area contributed by atoms with Gasteiger partial charge in [-0.25, -0.2) is 14.6 Å². The number of aryl methyl sites for hydroxylation is 1. The molecule has 0 fully saturated rings. The Morgan fingerprint density at radius 1 is 0.976 bits per heavy atom. The molecule has 1 N–H and O–H groups in total. The van der Waals surface area contributed by atoms with Gasteiger partial charge in [0, 0.05) is 53.2 Å². The number of dihydropyridines is 1. The zero-order valence-corrected chi connectivity index (χ0v) is 23.4. The highest BCUT2D eigenvalue weighted by Crippen LogP contribution is 2.38. The molecule has 4 aromatic rings. The normalized spacial score (nSPS) is 14.5. The fourth-order valence-electron chi connectivity index (χ4n) is 5.01. The number of allylic oxidation sites excluding steroid dienone is 1. The summed E-state index contributed by atoms with van der Waals surface area (Å²) in [5, 5.41) is 3.33. The molecular weight excluding hydrogens is 528 g/mol. The molecule has 210 valence electrons. The van der Waals surface area contributed by atoms with Crippen LogP contribution in [0.5, 0.6) is 0 Å². The molecule has 2 aromatic heterocycles. The summed E-state index contributed by atoms with van der Waals surface area (Å²) in [5.41, 5.74) is 5.42. The minimum atomic E-state index is -0.579. The molecule has 8 heteroatoms. The molecule has 0 aliphatic carbocycles. The summed E-state index contributed by atoms with van der Waals surface area (Å²) in [7, 11) is 1.35. The number of pyridine rings is 1. The van der Waals surface area contributed by atoms with Crippen LogP contribution in [0.4, 0.5) is 0 Å². The first-order valence-electron chi connectivity index (χ1n) is 13.5. The molecule has 1 atom stereocenters. The highest BCUT2D eigenvalue weighted by atomic mass is 16.5. The van der Waals surface area contributed by atoms with Crippen LogP contribution in [-0.4, -0.2) is 40.2 Å². The molecule has 3 heterocycles. The van der Waals surface area contributed by atoms with Gasteiger partial charge in [0.05, 0.1) is 30.3 Å². The maximum Gasteiger partial charge on any atom is 0.337 e. The lowest BCUT2D eigenvalue weighted by atomic mass is 9.80. The number of esters is 2. The van der Waals surface area contributed by atoms with Crippen molar-refractivity contribution >= 4 is 17.6 Å². The molecule has 0 spiro atoms. The molecule has 0 amide bonds. The number of aromatic nitrogens is 3. The summed E-state index contributed by atoms with van der Waals surface area (Å²) >= 11 is 0. The summed E-state index contributed by atoms with van der Waals surface area (Å²) in [6, 6.07) is 21.3. The molecule has 1 unspecified atom stereocenters. The second-order valence-electron chi connectivity index (χ2n) is 9.66. The van der Waals surface area contributed by atoms with Gasteiger partial charge in [0.2, 0.25) is 0 Å². The molecule has 0 saturated carbocycles. The number of carbonyl (C=O) groups excluding carboxylic acids is 2. The molecule has 0 radical (unpaired) electrons. The van der Waals surface area contributed by atoms with Crippen LogP contribution in [0.1, 0.15) is 30.0 Å². The Labute approximate surface area is 244 Å². The number of benzene rings is 2. The number of nitrogens with zero attached hydrogens (tertiary/aromatic N) is 3. The predicted molar refractivity (Wildman–Crippen MR) is 159 cm³/mol. The minimum Gasteiger partial charge on any atom is -0.466 e. The van der Waals surface area contributed by atoms with E-state index >= 15 is 0 Å². The number of carbonyl (C=O) groups is 2. The van der Waals surface area contributed by atoms with E-state index in [9.17, 15) is 9.59 Å². The van der Waals surface area contributed by atoms with Crippen molar-refractivity contribution in [2.24, 2.45) is 5.92 Å². The lowest BCUT2D eigenvalue weighted by Crippen LogP contribution is -2.34. The summed E-state index contributed by atoms with van der Waals surface area (Å²) in [5.74, 6) is 4.18. The SMILES string of the molecule is COC(=O)C1=C(c2cccc(-n3ccnc3)c2)NC(C)=C(C(=O)OCC#Cc2cccnc2)C1CCc1ccccc1. The maximum atomic E-state index is 13.6. The summed E-state index contributed by atoms with van der Waals surface area (Å²) in [6.45, 7) is 1.72. The first-order chi connectivity index (χ1) is 20.5. The number of hydrogen-bond donors (Lipinski definition) is 1. The zero-order chi connectivity index (χ0) is 29.3. The van der Waals surface area contributed by atoms with E-state index in [-0.39, 0.29) is 6.61 Å². The Bertz CT molecular complexity index is 1680. The first-order valence-corrected chi connectivity index (χ1v) is 13.5. The van der Waals surface area contributed by atoms with Gasteiger partial charge < -0.3 is 19.4 Å². The fraction of sp³-hybridized carbons (Fsp3) is 0.176. The van der Waals surface area contributed by atoms with Crippen molar-refractivity contribution in [3.05, 3.63) is 131 Å². The van der Waals surface area contributed by atoms with Crippen LogP contribution < -0.4 is 5.32 Å². The lowest BCUT2D eigenvalue weighted by molar-refractivity contribution is -0.138. The highest BCUT2D eigenvalue weighted by molar-refractivity contribution is 6.03. The Kier molecular flexibility index (Phi) is 8.90. The quantitative estimate of drug-likeness (QED) is 0.244. The third-order valence-corrected chi connectivity index (χ3v) is 6.98. The molecule has 0 bridgehead atoms. The summed E-state index contributed by atoms with van der Waals surface area (Å²) in [4.78, 5) is 35.2. The third-order valence-electron chi connectivity index (χ3n) is 6.98. The van der Waals surface area contributed by atoms with E-state index in [4.69, 9.17) is 9.47 Å². The Morgan fingerprint density at radius 3 is 2.57 bits per heavy atom. The standard InChI is InChI=1S/C34H30N4O4/c1-24-30(34(40)42-20-8-12-26-11-7-17-35-22-26)29(16-15-25-9-4-3-5-10-25)31(33(39)41-2)32(37-24)27-13-6-14-28(21-27)38-19-18-36-23-38/h3-7,9-11,13-14,17-19,21-23,29,37H,15-16,20H2,1-2H3. The fourth-order valence-corrected chi connectivity index (χ4v) is 5.01. The first kappa shape index (κ1) is 28.1. The van der Waals surface area contributed by atoms with Crippen LogP contribution >= 0.6 is 0 Å². The van der Waals surface area contributed by atoms with Gasteiger partial charge in [0.25, 0.3) is 0 Å². The smallest absolute Gasteiger partial charge is 0.337 e. The number of methoxy groups -OCH3 is 1. The van der Waals surface area contributed by atoms with E-state index in [1.807, 2.05) is 78.4 Å². The van der Waals surface area contributed by atoms with Gasteiger partial charge >= 0.3 is 11.9 Å². The molecule has 5 rings (SSSR count). The molecule has 2 aromatic carbocycles. The Morgan fingerprint density at radius 2 is 1.83 bits per heavy atom. The largest absolute Gasteiger partial charge is 0.466 e. The van der Waals surface area contributed by atoms with Gasteiger partial charge in [-0.05, 0) is 49.6 Å². The van der Waals surface area contributed by atoms with Crippen LogP contribution in [0.2, 0.25) is 0 Å². The minimum absolute atomic E-state index is 0.104. The van der Waals surface area contributed by atoms with Crippen LogP contribution in [-0.2, 0) is 25.5 Å². The number of rotatable bonds is 8. The van der Waals surface area contributed by atoms with Crippen molar-refractivity contribution < 1.29 is 19.1 Å². The van der Waals surface area contributed by atoms with Gasteiger partial charge in [0.1, 0.15) is 0 Å². The van der Waals surface area contributed by atoms with Crippen LogP contribution in [0.25, 0.3) is 11.4 Å². The number of imidazole rings is 1. The van der Waals surface area contributed by atoms with Gasteiger partial charge in [0.15, 0.2) is 6.61 Å². The molecule has 8 nitrogen and oxygen atoms in total. The van der Waals surface area contributed by atoms with Crippen LogP contribution in [0.3, 0.4) is 0 Å². The molecular formula is C34H30N4O4. The third kappa shape index (κ3) is 6.48. The van der Waals surface area contributed by atoms with Crippen molar-refractivity contribution in [1.29, 1.82) is 0 Å². The van der Waals surface area contributed by atoms with Crippen molar-refractivity contribution in [1.82, 2.24) is 19.9 Å². The molecule has 42 heavy (non-hydrogen) atoms. The van der Waals surface area contributed by atoms with E-state index in [0.717, 1.165) is 22.4 Å². The van der Waals surface area contributed by atoms with Crippen LogP contribution in [0.15, 0.2) is 115 Å². The average Bonchev–Trinajstić information content (AvgIpc) is 3.58. The van der Waals surface area contributed by atoms with Gasteiger partial charge in [-0.3, -0.25) is 4.98 Å². The highest BCUT2D eigenvalue weighted by Gasteiger charge is 2.38. The van der Waals surface area contributed by atoms with Crippen molar-refractivity contribution in [3.63, 3.8) is 0 Å². The Balaban J connectivity index is 1.51. The topological polar surface area (TPSA) is 95.3 Å². The van der Waals surface area contributed by atoms with E-state index in [2.05, 4.69) is 27.1 Å². The van der Waals surface area contributed by atoms with Crippen LogP contribution in [0, 0.1) is 17.8 Å². The number of ether oxygens (including phenoxy) is 2. The molecule has 1 aliphatic rings. The Hall–Kier alpha value is -5.42. The van der Waals surface area contributed by atoms with Crippen molar-refractivity contribution in [2.75, 3.05) is 13.7 Å².